The summed E-state index contributed by atoms with van der Waals surface area (Å²) in [5.74, 6) is -0.0162. The number of benzene rings is 1. The van der Waals surface area contributed by atoms with Crippen LogP contribution >= 0.6 is 12.2 Å². The summed E-state index contributed by atoms with van der Waals surface area (Å²) in [6.45, 7) is 1.86. The number of likely N-dealkylation sites (tertiary alicyclic amines) is 1. The Morgan fingerprint density at radius 2 is 1.69 bits per heavy atom. The van der Waals surface area contributed by atoms with Gasteiger partial charge in [0.2, 0.25) is 5.78 Å². The van der Waals surface area contributed by atoms with E-state index in [0.29, 0.717) is 10.6 Å². The van der Waals surface area contributed by atoms with Crippen LogP contribution in [0.4, 0.5) is 0 Å². The Bertz CT molecular complexity index is 382. The molecule has 1 fully saturated rings. The third-order valence-electron chi connectivity index (χ3n) is 2.87. The SMILES string of the molecule is O=C(C(=S)N1CCCCC1)c1ccccc1. The van der Waals surface area contributed by atoms with Crippen LogP contribution in [0.3, 0.4) is 0 Å². The van der Waals surface area contributed by atoms with Gasteiger partial charge in [0.1, 0.15) is 0 Å². The van der Waals surface area contributed by atoms with Crippen molar-refractivity contribution in [3.8, 4) is 0 Å². The lowest BCUT2D eigenvalue weighted by Gasteiger charge is -2.28. The maximum atomic E-state index is 12.1. The molecule has 1 aromatic rings. The van der Waals surface area contributed by atoms with E-state index in [0.717, 1.165) is 25.9 Å². The number of carbonyl (C=O) groups excluding carboxylic acids is 1. The summed E-state index contributed by atoms with van der Waals surface area (Å²) < 4.78 is 0. The zero-order valence-corrected chi connectivity index (χ0v) is 10.0. The van der Waals surface area contributed by atoms with Crippen molar-refractivity contribution < 1.29 is 4.79 Å². The highest BCUT2D eigenvalue weighted by atomic mass is 32.1. The van der Waals surface area contributed by atoms with Crippen LogP contribution in [0.5, 0.6) is 0 Å². The van der Waals surface area contributed by atoms with Crippen LogP contribution < -0.4 is 0 Å². The smallest absolute Gasteiger partial charge is 0.220 e. The van der Waals surface area contributed by atoms with Gasteiger partial charge in [0.05, 0.1) is 0 Å². The fourth-order valence-electron chi connectivity index (χ4n) is 1.95. The first-order valence-corrected chi connectivity index (χ1v) is 6.08. The molecule has 0 radical (unpaired) electrons. The Morgan fingerprint density at radius 3 is 2.31 bits per heavy atom. The largest absolute Gasteiger partial charge is 0.360 e. The molecule has 0 amide bonds. The van der Waals surface area contributed by atoms with Gasteiger partial charge in [0, 0.05) is 18.7 Å². The van der Waals surface area contributed by atoms with Gasteiger partial charge in [0.15, 0.2) is 4.99 Å². The van der Waals surface area contributed by atoms with Crippen LogP contribution in [0.25, 0.3) is 0 Å². The molecule has 0 spiro atoms. The zero-order chi connectivity index (χ0) is 11.4. The van der Waals surface area contributed by atoms with Gasteiger partial charge in [-0.25, -0.2) is 0 Å². The highest BCUT2D eigenvalue weighted by Crippen LogP contribution is 2.12. The highest BCUT2D eigenvalue weighted by Gasteiger charge is 2.20. The molecule has 0 bridgehead atoms. The fourth-order valence-corrected chi connectivity index (χ4v) is 2.25. The van der Waals surface area contributed by atoms with Gasteiger partial charge < -0.3 is 4.90 Å². The van der Waals surface area contributed by atoms with Crippen molar-refractivity contribution in [1.82, 2.24) is 4.90 Å². The van der Waals surface area contributed by atoms with Crippen LogP contribution in [0.2, 0.25) is 0 Å². The summed E-state index contributed by atoms with van der Waals surface area (Å²) in [6, 6.07) is 9.27. The summed E-state index contributed by atoms with van der Waals surface area (Å²) in [5, 5.41) is 0. The normalized spacial score (nSPS) is 15.9. The molecule has 2 rings (SSSR count). The van der Waals surface area contributed by atoms with Gasteiger partial charge in [-0.1, -0.05) is 42.5 Å². The highest BCUT2D eigenvalue weighted by molar-refractivity contribution is 7.82. The quantitative estimate of drug-likeness (QED) is 0.578. The average Bonchev–Trinajstić information content (AvgIpc) is 2.39. The first-order valence-electron chi connectivity index (χ1n) is 5.67. The maximum Gasteiger partial charge on any atom is 0.220 e. The molecule has 0 aliphatic carbocycles. The molecule has 84 valence electrons. The number of piperidine rings is 1. The Kier molecular flexibility index (Phi) is 3.67. The molecule has 1 aliphatic heterocycles. The Hall–Kier alpha value is -1.22. The van der Waals surface area contributed by atoms with Crippen molar-refractivity contribution >= 4 is 23.0 Å². The molecule has 0 unspecified atom stereocenters. The summed E-state index contributed by atoms with van der Waals surface area (Å²) >= 11 is 5.26. The molecule has 2 nitrogen and oxygen atoms in total. The van der Waals surface area contributed by atoms with Crippen molar-refractivity contribution in [3.63, 3.8) is 0 Å². The minimum atomic E-state index is -0.0162. The van der Waals surface area contributed by atoms with E-state index in [-0.39, 0.29) is 5.78 Å². The van der Waals surface area contributed by atoms with Gasteiger partial charge in [-0.05, 0) is 19.3 Å². The maximum absolute atomic E-state index is 12.1. The number of ketones is 1. The monoisotopic (exact) mass is 233 g/mol. The van der Waals surface area contributed by atoms with E-state index in [4.69, 9.17) is 12.2 Å². The van der Waals surface area contributed by atoms with Crippen LogP contribution in [0, 0.1) is 0 Å². The third kappa shape index (κ3) is 2.47. The Balaban J connectivity index is 2.07. The number of thiocarbonyl (C=S) groups is 1. The van der Waals surface area contributed by atoms with Gasteiger partial charge in [-0.3, -0.25) is 4.79 Å². The van der Waals surface area contributed by atoms with E-state index in [1.54, 1.807) is 0 Å². The minimum Gasteiger partial charge on any atom is -0.360 e. The Morgan fingerprint density at radius 1 is 1.06 bits per heavy atom. The zero-order valence-electron chi connectivity index (χ0n) is 9.19. The number of carbonyl (C=O) groups is 1. The molecule has 0 atom stereocenters. The minimum absolute atomic E-state index is 0.0162. The summed E-state index contributed by atoms with van der Waals surface area (Å²) in [7, 11) is 0. The topological polar surface area (TPSA) is 20.3 Å². The molecule has 0 saturated carbocycles. The van der Waals surface area contributed by atoms with E-state index in [9.17, 15) is 4.79 Å². The number of hydrogen-bond donors (Lipinski definition) is 0. The first-order chi connectivity index (χ1) is 7.79. The molecule has 0 N–H and O–H groups in total. The number of hydrogen-bond acceptors (Lipinski definition) is 2. The van der Waals surface area contributed by atoms with E-state index < -0.39 is 0 Å². The second-order valence-corrected chi connectivity index (χ2v) is 4.43. The van der Waals surface area contributed by atoms with E-state index in [2.05, 4.69) is 0 Å². The second kappa shape index (κ2) is 5.21. The standard InChI is InChI=1S/C13H15NOS/c15-12(11-7-3-1-4-8-11)13(16)14-9-5-2-6-10-14/h1,3-4,7-8H,2,5-6,9-10H2. The second-order valence-electron chi connectivity index (χ2n) is 4.05. The van der Waals surface area contributed by atoms with Crippen molar-refractivity contribution in [2.75, 3.05) is 13.1 Å². The van der Waals surface area contributed by atoms with Gasteiger partial charge in [-0.2, -0.15) is 0 Å². The molecular formula is C13H15NOS. The lowest BCUT2D eigenvalue weighted by molar-refractivity contribution is 0.105. The van der Waals surface area contributed by atoms with Gasteiger partial charge in [-0.15, -0.1) is 0 Å². The lowest BCUT2D eigenvalue weighted by atomic mass is 10.1. The summed E-state index contributed by atoms with van der Waals surface area (Å²) in [6.07, 6.45) is 3.53. The van der Waals surface area contributed by atoms with Gasteiger partial charge >= 0.3 is 0 Å². The van der Waals surface area contributed by atoms with Crippen molar-refractivity contribution in [2.45, 2.75) is 19.3 Å². The van der Waals surface area contributed by atoms with Crippen molar-refractivity contribution in [3.05, 3.63) is 35.9 Å². The molecular weight excluding hydrogens is 218 g/mol. The molecule has 16 heavy (non-hydrogen) atoms. The molecule has 0 aromatic heterocycles. The van der Waals surface area contributed by atoms with Crippen molar-refractivity contribution in [2.24, 2.45) is 0 Å². The predicted molar refractivity (Wildman–Crippen MR) is 68.8 cm³/mol. The third-order valence-corrected chi connectivity index (χ3v) is 3.32. The van der Waals surface area contributed by atoms with E-state index >= 15 is 0 Å². The van der Waals surface area contributed by atoms with Gasteiger partial charge in [0.25, 0.3) is 0 Å². The van der Waals surface area contributed by atoms with Crippen LogP contribution in [-0.2, 0) is 0 Å². The summed E-state index contributed by atoms with van der Waals surface area (Å²) in [4.78, 5) is 14.6. The van der Waals surface area contributed by atoms with E-state index in [1.165, 1.54) is 6.42 Å². The lowest BCUT2D eigenvalue weighted by Crippen LogP contribution is -2.38. The number of rotatable bonds is 2. The number of Topliss-reactive ketones (excluding diaryl/α,β-unsaturated/α-hetero) is 1. The molecule has 3 heteroatoms. The fraction of sp³-hybridized carbons (Fsp3) is 0.385. The molecule has 1 heterocycles. The van der Waals surface area contributed by atoms with Crippen LogP contribution in [0.15, 0.2) is 30.3 Å². The molecule has 1 aromatic carbocycles. The van der Waals surface area contributed by atoms with E-state index in [1.807, 2.05) is 35.2 Å². The predicted octanol–water partition coefficient (Wildman–Crippen LogP) is 2.68. The first kappa shape index (κ1) is 11.3. The van der Waals surface area contributed by atoms with Crippen LogP contribution in [0.1, 0.15) is 29.6 Å². The van der Waals surface area contributed by atoms with Crippen molar-refractivity contribution in [1.29, 1.82) is 0 Å². The Labute approximate surface area is 101 Å². The number of nitrogens with zero attached hydrogens (tertiary/aromatic N) is 1. The summed E-state index contributed by atoms with van der Waals surface area (Å²) in [5.41, 5.74) is 0.693. The molecule has 1 aliphatic rings. The molecule has 1 saturated heterocycles. The average molecular weight is 233 g/mol. The van der Waals surface area contributed by atoms with Crippen LogP contribution in [-0.4, -0.2) is 28.8 Å².